The summed E-state index contributed by atoms with van der Waals surface area (Å²) in [6, 6.07) is 11.0. The van der Waals surface area contributed by atoms with Crippen LogP contribution in [0.1, 0.15) is 43.9 Å². The fourth-order valence-corrected chi connectivity index (χ4v) is 5.03. The van der Waals surface area contributed by atoms with Crippen molar-refractivity contribution in [3.63, 3.8) is 0 Å². The van der Waals surface area contributed by atoms with Gasteiger partial charge >= 0.3 is 12.1 Å². The molecule has 15 heteroatoms. The molecule has 0 bridgehead atoms. The number of hydrogen-bond donors (Lipinski definition) is 4. The highest BCUT2D eigenvalue weighted by molar-refractivity contribution is 7.17. The van der Waals surface area contributed by atoms with E-state index in [0.29, 0.717) is 28.1 Å². The van der Waals surface area contributed by atoms with Gasteiger partial charge in [-0.2, -0.15) is 13.2 Å². The summed E-state index contributed by atoms with van der Waals surface area (Å²) < 4.78 is 37.8. The Labute approximate surface area is 261 Å². The number of aromatic carboxylic acids is 1. The minimum Gasteiger partial charge on any atom is -0.477 e. The van der Waals surface area contributed by atoms with Crippen LogP contribution in [0.15, 0.2) is 54.7 Å². The van der Waals surface area contributed by atoms with Gasteiger partial charge in [0.15, 0.2) is 5.13 Å². The van der Waals surface area contributed by atoms with Crippen LogP contribution in [0.25, 0.3) is 0 Å². The molecule has 238 valence electrons. The van der Waals surface area contributed by atoms with Gasteiger partial charge < -0.3 is 31.3 Å². The molecular formula is C30H33F3N8O3S. The second-order valence-electron chi connectivity index (χ2n) is 10.1. The van der Waals surface area contributed by atoms with Crippen molar-refractivity contribution in [2.75, 3.05) is 54.0 Å². The second kappa shape index (κ2) is 14.3. The van der Waals surface area contributed by atoms with E-state index in [-0.39, 0.29) is 10.4 Å². The Hall–Kier alpha value is -4.76. The largest absolute Gasteiger partial charge is 0.477 e. The van der Waals surface area contributed by atoms with Gasteiger partial charge in [-0.25, -0.2) is 19.7 Å². The number of aryl methyl sites for hydroxylation is 2. The summed E-state index contributed by atoms with van der Waals surface area (Å²) in [5, 5.41) is 15.1. The molecule has 45 heavy (non-hydrogen) atoms. The van der Waals surface area contributed by atoms with E-state index < -0.39 is 23.6 Å². The van der Waals surface area contributed by atoms with Gasteiger partial charge in [0, 0.05) is 49.2 Å². The number of hydrogen-bond acceptors (Lipinski definition) is 10. The van der Waals surface area contributed by atoms with Crippen molar-refractivity contribution in [1.29, 1.82) is 0 Å². The Balaban J connectivity index is 0.000000207. The van der Waals surface area contributed by atoms with Crippen molar-refractivity contribution >= 4 is 51.4 Å². The van der Waals surface area contributed by atoms with E-state index in [1.807, 2.05) is 19.9 Å². The molecule has 1 aliphatic heterocycles. The topological polar surface area (TPSA) is 150 Å². The molecule has 3 heterocycles. The van der Waals surface area contributed by atoms with Crippen molar-refractivity contribution in [2.45, 2.75) is 26.9 Å². The number of likely N-dealkylation sites (N-methyl/N-ethyl adjacent to an activating group) is 1. The number of carbonyl (C=O) groups excluding carboxylic acids is 1. The summed E-state index contributed by atoms with van der Waals surface area (Å²) >= 11 is 1.08. The van der Waals surface area contributed by atoms with Gasteiger partial charge in [-0.1, -0.05) is 30.4 Å². The van der Waals surface area contributed by atoms with E-state index in [4.69, 9.17) is 10.8 Å². The Kier molecular flexibility index (Phi) is 10.6. The fraction of sp³-hybridized carbons (Fsp3) is 0.300. The van der Waals surface area contributed by atoms with Crippen molar-refractivity contribution in [2.24, 2.45) is 0 Å². The minimum absolute atomic E-state index is 0.0658. The lowest BCUT2D eigenvalue weighted by molar-refractivity contribution is -0.137. The van der Waals surface area contributed by atoms with Crippen LogP contribution in [-0.2, 0) is 6.18 Å². The highest BCUT2D eigenvalue weighted by Crippen LogP contribution is 2.30. The molecule has 1 saturated heterocycles. The maximum atomic E-state index is 12.6. The van der Waals surface area contributed by atoms with Crippen LogP contribution in [-0.4, -0.2) is 69.6 Å². The zero-order valence-corrected chi connectivity index (χ0v) is 25.7. The minimum atomic E-state index is -4.48. The highest BCUT2D eigenvalue weighted by atomic mass is 32.1. The number of anilines is 5. The first-order valence-electron chi connectivity index (χ1n) is 14.0. The number of piperazine rings is 1. The number of aromatic nitrogens is 3. The smallest absolute Gasteiger partial charge is 0.416 e. The van der Waals surface area contributed by atoms with Gasteiger partial charge in [0.05, 0.1) is 11.8 Å². The zero-order valence-electron chi connectivity index (χ0n) is 24.9. The predicted molar refractivity (Wildman–Crippen MR) is 168 cm³/mol. The number of carboxylic acid groups (broad SMARTS) is 1. The molecule has 1 amide bonds. The van der Waals surface area contributed by atoms with Gasteiger partial charge in [0.1, 0.15) is 22.3 Å². The summed E-state index contributed by atoms with van der Waals surface area (Å²) in [7, 11) is 0. The molecule has 11 nitrogen and oxygen atoms in total. The molecule has 0 unspecified atom stereocenters. The SMILES string of the molecule is CCN1CCN(c2cc(Nc3ncc(C(=O)O)s3)nc(C)n2)CC1.Cc1ccc(NC(=O)c2cccc(C(F)(F)F)c2)cc1N. The molecule has 2 aromatic carbocycles. The number of benzene rings is 2. The summed E-state index contributed by atoms with van der Waals surface area (Å²) in [6.07, 6.45) is -3.14. The molecule has 1 aliphatic rings. The predicted octanol–water partition coefficient (Wildman–Crippen LogP) is 5.67. The molecule has 0 saturated carbocycles. The van der Waals surface area contributed by atoms with E-state index in [0.717, 1.165) is 67.6 Å². The average Bonchev–Trinajstić information content (AvgIpc) is 3.47. The molecule has 0 spiro atoms. The molecule has 0 aliphatic carbocycles. The quantitative estimate of drug-likeness (QED) is 0.186. The summed E-state index contributed by atoms with van der Waals surface area (Å²) in [6.45, 7) is 10.8. The van der Waals surface area contributed by atoms with Gasteiger partial charge in [-0.15, -0.1) is 0 Å². The van der Waals surface area contributed by atoms with Crippen LogP contribution in [0, 0.1) is 13.8 Å². The molecule has 0 atom stereocenters. The van der Waals surface area contributed by atoms with Crippen molar-refractivity contribution in [3.05, 3.63) is 82.1 Å². The first-order valence-corrected chi connectivity index (χ1v) is 14.8. The summed E-state index contributed by atoms with van der Waals surface area (Å²) in [4.78, 5) is 40.7. The maximum absolute atomic E-state index is 12.6. The van der Waals surface area contributed by atoms with Gasteiger partial charge in [-0.3, -0.25) is 4.79 Å². The number of nitrogens with two attached hydrogens (primary N) is 1. The molecule has 5 rings (SSSR count). The van der Waals surface area contributed by atoms with Crippen LogP contribution in [0.4, 0.5) is 41.3 Å². The van der Waals surface area contributed by atoms with Crippen LogP contribution in [0.3, 0.4) is 0 Å². The van der Waals surface area contributed by atoms with Crippen LogP contribution in [0.5, 0.6) is 0 Å². The number of nitrogens with one attached hydrogen (secondary N) is 2. The number of amides is 1. The van der Waals surface area contributed by atoms with E-state index in [2.05, 4.69) is 42.3 Å². The fourth-order valence-electron chi connectivity index (χ4n) is 4.37. The van der Waals surface area contributed by atoms with Crippen molar-refractivity contribution in [1.82, 2.24) is 19.9 Å². The highest BCUT2D eigenvalue weighted by Gasteiger charge is 2.31. The third-order valence-corrected chi connectivity index (χ3v) is 7.81. The molecule has 2 aromatic heterocycles. The van der Waals surface area contributed by atoms with E-state index in [1.165, 1.54) is 18.3 Å². The Morgan fingerprint density at radius 1 is 1.04 bits per heavy atom. The number of alkyl halides is 3. The van der Waals surface area contributed by atoms with Crippen molar-refractivity contribution < 1.29 is 27.9 Å². The van der Waals surface area contributed by atoms with E-state index in [9.17, 15) is 22.8 Å². The van der Waals surface area contributed by atoms with Crippen molar-refractivity contribution in [3.8, 4) is 0 Å². The van der Waals surface area contributed by atoms with Crippen LogP contribution in [0.2, 0.25) is 0 Å². The average molecular weight is 643 g/mol. The number of thiazole rings is 1. The number of rotatable bonds is 7. The standard InChI is InChI=1S/C15H13F3N2O.C15H20N6O2S/c1-9-5-6-12(8-13(9)19)20-14(21)10-3-2-4-11(7-10)15(16,17)18;1-3-20-4-6-21(7-5-20)13-8-12(17-10(2)18-13)19-15-16-9-11(24-15)14(22)23/h2-8H,19H2,1H3,(H,20,21);8-9H,3-7H2,1-2H3,(H,22,23)(H,16,17,18,19). The van der Waals surface area contributed by atoms with Gasteiger partial charge in [-0.05, 0) is 56.3 Å². The molecule has 4 aromatic rings. The van der Waals surface area contributed by atoms with E-state index >= 15 is 0 Å². The van der Waals surface area contributed by atoms with E-state index in [1.54, 1.807) is 18.2 Å². The maximum Gasteiger partial charge on any atom is 0.416 e. The lowest BCUT2D eigenvalue weighted by Gasteiger charge is -2.34. The van der Waals surface area contributed by atoms with Gasteiger partial charge in [0.2, 0.25) is 0 Å². The normalized spacial score (nSPS) is 13.5. The van der Waals surface area contributed by atoms with Crippen LogP contribution >= 0.6 is 11.3 Å². The number of nitrogens with zero attached hydrogens (tertiary/aromatic N) is 5. The zero-order chi connectivity index (χ0) is 32.7. The first kappa shape index (κ1) is 33.1. The molecule has 5 N–H and O–H groups in total. The number of halogens is 3. The lowest BCUT2D eigenvalue weighted by atomic mass is 10.1. The molecule has 1 fully saturated rings. The number of carbonyl (C=O) groups is 2. The first-order chi connectivity index (χ1) is 21.3. The third kappa shape index (κ3) is 9.12. The Morgan fingerprint density at radius 3 is 2.40 bits per heavy atom. The Morgan fingerprint density at radius 2 is 1.78 bits per heavy atom. The number of carboxylic acids is 1. The Bertz CT molecular complexity index is 1660. The van der Waals surface area contributed by atoms with Crippen LogP contribution < -0.4 is 21.3 Å². The second-order valence-corrected chi connectivity index (χ2v) is 11.2. The summed E-state index contributed by atoms with van der Waals surface area (Å²) in [5.41, 5.74) is 6.57. The summed E-state index contributed by atoms with van der Waals surface area (Å²) in [5.74, 6) is 0.582. The van der Waals surface area contributed by atoms with Gasteiger partial charge in [0.25, 0.3) is 5.91 Å². The lowest BCUT2D eigenvalue weighted by Crippen LogP contribution is -2.46. The monoisotopic (exact) mass is 642 g/mol. The number of nitrogen functional groups attached to an aromatic ring is 1. The molecular weight excluding hydrogens is 609 g/mol. The molecule has 0 radical (unpaired) electrons. The third-order valence-electron chi connectivity index (χ3n) is 6.91.